The van der Waals surface area contributed by atoms with Gasteiger partial charge in [-0.2, -0.15) is 0 Å². The fourth-order valence-corrected chi connectivity index (χ4v) is 8.03. The molecule has 0 N–H and O–H groups in total. The highest BCUT2D eigenvalue weighted by molar-refractivity contribution is 7.12. The first-order valence-electron chi connectivity index (χ1n) is 15.6. The van der Waals surface area contributed by atoms with E-state index in [-0.39, 0.29) is 34.4 Å². The fourth-order valence-electron chi connectivity index (χ4n) is 5.00. The molecule has 0 saturated heterocycles. The highest BCUT2D eigenvalue weighted by Gasteiger charge is 2.42. The van der Waals surface area contributed by atoms with Gasteiger partial charge < -0.3 is 18.8 Å². The number of rotatable bonds is 13. The Balaban J connectivity index is 2.37. The molecule has 0 bridgehead atoms. The SMILES string of the molecule is CCC(CC)(c1ccc(OCC(O[Si](C)(C)C(C)(C)C)C(C)(C)C)c(C)c1)c1cc(C)c(CN(CC(=O)OC)C(C)=O)s1. The molecule has 6 nitrogen and oxygen atoms in total. The molecule has 0 radical (unpaired) electrons. The van der Waals surface area contributed by atoms with Crippen molar-refractivity contribution >= 4 is 31.5 Å². The number of esters is 1. The van der Waals surface area contributed by atoms with E-state index in [1.165, 1.54) is 24.5 Å². The largest absolute Gasteiger partial charge is 0.491 e. The van der Waals surface area contributed by atoms with Gasteiger partial charge in [0.2, 0.25) is 5.91 Å². The lowest BCUT2D eigenvalue weighted by molar-refractivity contribution is -0.146. The standard InChI is InChI=1S/C35H57NO5SSi/c1-15-35(16-2,31-20-25(4)29(42-31)21-36(26(5)37)22-32(38)39-12)27-17-18-28(24(3)19-27)40-23-30(33(6,7)8)41-43(13,14)34(9,10)11/h17-20,30H,15-16,21-23H2,1-14H3. The van der Waals surface area contributed by atoms with E-state index in [9.17, 15) is 9.59 Å². The lowest BCUT2D eigenvalue weighted by atomic mass is 9.74. The van der Waals surface area contributed by atoms with E-state index in [0.29, 0.717) is 13.2 Å². The van der Waals surface area contributed by atoms with Crippen LogP contribution in [0.5, 0.6) is 5.75 Å². The van der Waals surface area contributed by atoms with Crippen LogP contribution < -0.4 is 4.74 Å². The molecule has 0 spiro atoms. The van der Waals surface area contributed by atoms with Gasteiger partial charge in [0.15, 0.2) is 8.32 Å². The number of nitrogens with zero attached hydrogens (tertiary/aromatic N) is 1. The predicted octanol–water partition coefficient (Wildman–Crippen LogP) is 8.81. The first-order valence-corrected chi connectivity index (χ1v) is 19.3. The lowest BCUT2D eigenvalue weighted by Crippen LogP contribution is -2.49. The van der Waals surface area contributed by atoms with E-state index in [1.807, 2.05) is 0 Å². The Labute approximate surface area is 266 Å². The molecule has 1 amide bonds. The monoisotopic (exact) mass is 631 g/mol. The third-order valence-electron chi connectivity index (χ3n) is 9.35. The van der Waals surface area contributed by atoms with Gasteiger partial charge in [-0.05, 0) is 79.1 Å². The Morgan fingerprint density at radius 1 is 0.977 bits per heavy atom. The maximum atomic E-state index is 12.3. The zero-order chi connectivity index (χ0) is 33.0. The van der Waals surface area contributed by atoms with Crippen molar-refractivity contribution in [2.24, 2.45) is 5.41 Å². The van der Waals surface area contributed by atoms with E-state index in [1.54, 1.807) is 16.2 Å². The number of amides is 1. The molecule has 8 heteroatoms. The van der Waals surface area contributed by atoms with E-state index in [0.717, 1.165) is 34.6 Å². The number of thiophene rings is 1. The number of aryl methyl sites for hydroxylation is 2. The average molecular weight is 632 g/mol. The van der Waals surface area contributed by atoms with Gasteiger partial charge in [0.1, 0.15) is 18.9 Å². The fraction of sp³-hybridized carbons (Fsp3) is 0.657. The minimum Gasteiger partial charge on any atom is -0.491 e. The zero-order valence-corrected chi connectivity index (χ0v) is 31.1. The number of hydrogen-bond acceptors (Lipinski definition) is 6. The number of ether oxygens (including phenoxy) is 2. The van der Waals surface area contributed by atoms with Gasteiger partial charge in [0, 0.05) is 22.1 Å². The molecule has 1 unspecified atom stereocenters. The van der Waals surface area contributed by atoms with Crippen molar-refractivity contribution in [1.29, 1.82) is 0 Å². The summed E-state index contributed by atoms with van der Waals surface area (Å²) in [5.74, 6) is 0.326. The van der Waals surface area contributed by atoms with E-state index >= 15 is 0 Å². The summed E-state index contributed by atoms with van der Waals surface area (Å²) in [7, 11) is -0.620. The molecule has 0 aliphatic heterocycles. The number of hydrogen-bond donors (Lipinski definition) is 0. The lowest BCUT2D eigenvalue weighted by Gasteiger charge is -2.43. The van der Waals surface area contributed by atoms with Gasteiger partial charge in [0.05, 0.1) is 19.8 Å². The van der Waals surface area contributed by atoms with Crippen LogP contribution in [0.25, 0.3) is 0 Å². The second-order valence-corrected chi connectivity index (χ2v) is 20.4. The molecule has 0 aliphatic rings. The van der Waals surface area contributed by atoms with Crippen molar-refractivity contribution < 1.29 is 23.5 Å². The summed E-state index contributed by atoms with van der Waals surface area (Å²) in [5.41, 5.74) is 3.29. The summed E-state index contributed by atoms with van der Waals surface area (Å²) in [6.45, 7) is 29.1. The van der Waals surface area contributed by atoms with E-state index in [2.05, 4.69) is 107 Å². The average Bonchev–Trinajstić information content (AvgIpc) is 3.26. The third kappa shape index (κ3) is 8.95. The minimum absolute atomic E-state index is 0.0147. The van der Waals surface area contributed by atoms with Crippen LogP contribution in [0, 0.1) is 19.3 Å². The predicted molar refractivity (Wildman–Crippen MR) is 182 cm³/mol. The highest BCUT2D eigenvalue weighted by Crippen LogP contribution is 2.45. The molecular weight excluding hydrogens is 575 g/mol. The number of methoxy groups -OCH3 is 1. The van der Waals surface area contributed by atoms with Gasteiger partial charge in [-0.25, -0.2) is 0 Å². The van der Waals surface area contributed by atoms with Crippen molar-refractivity contribution in [3.05, 3.63) is 50.7 Å². The van der Waals surface area contributed by atoms with Crippen molar-refractivity contribution in [1.82, 2.24) is 4.90 Å². The minimum atomic E-state index is -1.96. The van der Waals surface area contributed by atoms with Crippen molar-refractivity contribution in [2.45, 2.75) is 125 Å². The van der Waals surface area contributed by atoms with Crippen molar-refractivity contribution in [2.75, 3.05) is 20.3 Å². The van der Waals surface area contributed by atoms with Crippen molar-refractivity contribution in [3.63, 3.8) is 0 Å². The van der Waals surface area contributed by atoms with Gasteiger partial charge in [0.25, 0.3) is 0 Å². The Hall–Kier alpha value is -2.16. The normalized spacial score (nSPS) is 13.5. The van der Waals surface area contributed by atoms with Crippen LogP contribution in [0.3, 0.4) is 0 Å². The molecule has 1 aromatic carbocycles. The quantitative estimate of drug-likeness (QED) is 0.163. The second-order valence-electron chi connectivity index (χ2n) is 14.5. The number of benzene rings is 1. The van der Waals surface area contributed by atoms with Crippen LogP contribution in [0.4, 0.5) is 0 Å². The van der Waals surface area contributed by atoms with E-state index in [4.69, 9.17) is 13.9 Å². The van der Waals surface area contributed by atoms with Gasteiger partial charge in [-0.15, -0.1) is 11.3 Å². The maximum Gasteiger partial charge on any atom is 0.325 e. The van der Waals surface area contributed by atoms with Crippen LogP contribution in [-0.4, -0.2) is 51.5 Å². The van der Waals surface area contributed by atoms with E-state index < -0.39 is 14.3 Å². The Morgan fingerprint density at radius 3 is 2.05 bits per heavy atom. The van der Waals surface area contributed by atoms with Crippen molar-refractivity contribution in [3.8, 4) is 5.75 Å². The molecule has 2 rings (SSSR count). The summed E-state index contributed by atoms with van der Waals surface area (Å²) < 4.78 is 18.1. The van der Waals surface area contributed by atoms with Crippen LogP contribution in [0.15, 0.2) is 24.3 Å². The summed E-state index contributed by atoms with van der Waals surface area (Å²) in [6.07, 6.45) is 1.86. The van der Waals surface area contributed by atoms with Gasteiger partial charge in [-0.1, -0.05) is 67.5 Å². The summed E-state index contributed by atoms with van der Waals surface area (Å²) in [4.78, 5) is 28.1. The first-order chi connectivity index (χ1) is 19.7. The summed E-state index contributed by atoms with van der Waals surface area (Å²) in [6, 6.07) is 8.86. The topological polar surface area (TPSA) is 65.1 Å². The smallest absolute Gasteiger partial charge is 0.325 e. The zero-order valence-electron chi connectivity index (χ0n) is 29.3. The summed E-state index contributed by atoms with van der Waals surface area (Å²) >= 11 is 1.74. The molecule has 1 atom stereocenters. The Bertz CT molecular complexity index is 1250. The van der Waals surface area contributed by atoms with Crippen LogP contribution in [0.1, 0.15) is 102 Å². The van der Waals surface area contributed by atoms with Gasteiger partial charge in [-0.3, -0.25) is 9.59 Å². The number of carbonyl (C=O) groups is 2. The summed E-state index contributed by atoms with van der Waals surface area (Å²) in [5, 5.41) is 0.128. The molecule has 0 saturated carbocycles. The highest BCUT2D eigenvalue weighted by atomic mass is 32.1. The molecule has 1 heterocycles. The molecule has 0 aliphatic carbocycles. The second kappa shape index (κ2) is 14.3. The molecule has 242 valence electrons. The molecular formula is C35H57NO5SSi. The Morgan fingerprint density at radius 2 is 1.58 bits per heavy atom. The molecule has 1 aromatic heterocycles. The first kappa shape index (κ1) is 37.0. The van der Waals surface area contributed by atoms with Crippen LogP contribution in [-0.2, 0) is 30.7 Å². The molecule has 2 aromatic rings. The number of carbonyl (C=O) groups excluding carboxylic acids is 2. The Kier molecular flexibility index (Phi) is 12.3. The van der Waals surface area contributed by atoms with Gasteiger partial charge >= 0.3 is 5.97 Å². The molecule has 43 heavy (non-hydrogen) atoms. The third-order valence-corrected chi connectivity index (χ3v) is 15.3. The van der Waals surface area contributed by atoms with Crippen LogP contribution in [0.2, 0.25) is 18.1 Å². The maximum absolute atomic E-state index is 12.3. The molecule has 0 fully saturated rings. The van der Waals surface area contributed by atoms with Crippen LogP contribution >= 0.6 is 11.3 Å².